The van der Waals surface area contributed by atoms with Gasteiger partial charge >= 0.3 is 0 Å². The lowest BCUT2D eigenvalue weighted by atomic mass is 10.2. The first-order valence-corrected chi connectivity index (χ1v) is 6.37. The molecule has 0 spiro atoms. The average Bonchev–Trinajstić information content (AvgIpc) is 2.29. The predicted molar refractivity (Wildman–Crippen MR) is 71.0 cm³/mol. The van der Waals surface area contributed by atoms with E-state index in [0.717, 1.165) is 17.8 Å². The first-order chi connectivity index (χ1) is 7.77. The van der Waals surface area contributed by atoms with Crippen molar-refractivity contribution in [2.45, 2.75) is 4.90 Å². The number of benzene rings is 1. The Morgan fingerprint density at radius 1 is 1.19 bits per heavy atom. The Morgan fingerprint density at radius 2 is 2.00 bits per heavy atom. The van der Waals surface area contributed by atoms with Gasteiger partial charge in [0.1, 0.15) is 0 Å². The SMILES string of the molecule is CN(C)CCSc1ccnc2ccccc12. The molecule has 0 aliphatic rings. The van der Waals surface area contributed by atoms with E-state index in [-0.39, 0.29) is 0 Å². The van der Waals surface area contributed by atoms with E-state index in [2.05, 4.69) is 48.2 Å². The van der Waals surface area contributed by atoms with Gasteiger partial charge < -0.3 is 4.90 Å². The molecule has 1 aromatic carbocycles. The summed E-state index contributed by atoms with van der Waals surface area (Å²) in [4.78, 5) is 7.89. The first kappa shape index (κ1) is 11.4. The monoisotopic (exact) mass is 232 g/mol. The van der Waals surface area contributed by atoms with E-state index >= 15 is 0 Å². The van der Waals surface area contributed by atoms with E-state index in [4.69, 9.17) is 0 Å². The second kappa shape index (κ2) is 5.32. The molecule has 0 unspecified atom stereocenters. The quantitative estimate of drug-likeness (QED) is 0.754. The lowest BCUT2D eigenvalue weighted by Gasteiger charge is -2.09. The average molecular weight is 232 g/mol. The fourth-order valence-corrected chi connectivity index (χ4v) is 2.70. The van der Waals surface area contributed by atoms with Gasteiger partial charge in [-0.15, -0.1) is 11.8 Å². The molecule has 16 heavy (non-hydrogen) atoms. The Morgan fingerprint density at radius 3 is 2.81 bits per heavy atom. The third-order valence-corrected chi connectivity index (χ3v) is 3.46. The second-order valence-corrected chi connectivity index (χ2v) is 5.11. The minimum Gasteiger partial charge on any atom is -0.309 e. The van der Waals surface area contributed by atoms with Gasteiger partial charge in [-0.25, -0.2) is 0 Å². The van der Waals surface area contributed by atoms with Crippen LogP contribution >= 0.6 is 11.8 Å². The number of aromatic nitrogens is 1. The van der Waals surface area contributed by atoms with Crippen molar-refractivity contribution in [3.63, 3.8) is 0 Å². The molecule has 0 aliphatic heterocycles. The summed E-state index contributed by atoms with van der Waals surface area (Å²) in [5.74, 6) is 1.11. The van der Waals surface area contributed by atoms with Crippen LogP contribution in [0.25, 0.3) is 10.9 Å². The van der Waals surface area contributed by atoms with E-state index in [1.807, 2.05) is 24.0 Å². The molecule has 1 heterocycles. The van der Waals surface area contributed by atoms with E-state index < -0.39 is 0 Å². The van der Waals surface area contributed by atoms with E-state index in [1.54, 1.807) is 0 Å². The zero-order valence-electron chi connectivity index (χ0n) is 9.68. The van der Waals surface area contributed by atoms with Crippen LogP contribution in [0.3, 0.4) is 0 Å². The molecular weight excluding hydrogens is 216 g/mol. The summed E-state index contributed by atoms with van der Waals surface area (Å²) in [6.07, 6.45) is 1.89. The Balaban J connectivity index is 2.17. The fraction of sp³-hybridized carbons (Fsp3) is 0.308. The number of para-hydroxylation sites is 1. The number of nitrogens with zero attached hydrogens (tertiary/aromatic N) is 2. The van der Waals surface area contributed by atoms with Gasteiger partial charge in [0.15, 0.2) is 0 Å². The zero-order valence-corrected chi connectivity index (χ0v) is 10.5. The van der Waals surface area contributed by atoms with Gasteiger partial charge in [-0.1, -0.05) is 18.2 Å². The lowest BCUT2D eigenvalue weighted by Crippen LogP contribution is -2.14. The predicted octanol–water partition coefficient (Wildman–Crippen LogP) is 2.89. The molecule has 2 aromatic rings. The van der Waals surface area contributed by atoms with Gasteiger partial charge in [0, 0.05) is 28.8 Å². The molecule has 0 N–H and O–H groups in total. The van der Waals surface area contributed by atoms with Crippen molar-refractivity contribution in [2.75, 3.05) is 26.4 Å². The standard InChI is InChI=1S/C13H16N2S/c1-15(2)9-10-16-13-7-8-14-12-6-4-3-5-11(12)13/h3-8H,9-10H2,1-2H3. The minimum absolute atomic E-state index is 1.08. The Bertz CT molecular complexity index is 463. The molecular formula is C13H16N2S. The molecule has 0 fully saturated rings. The third kappa shape index (κ3) is 2.74. The third-order valence-electron chi connectivity index (χ3n) is 2.41. The summed E-state index contributed by atoms with van der Waals surface area (Å²) in [5, 5.41) is 1.26. The topological polar surface area (TPSA) is 16.1 Å². The van der Waals surface area contributed by atoms with Crippen molar-refractivity contribution in [3.05, 3.63) is 36.5 Å². The van der Waals surface area contributed by atoms with Crippen molar-refractivity contribution in [2.24, 2.45) is 0 Å². The maximum Gasteiger partial charge on any atom is 0.0713 e. The van der Waals surface area contributed by atoms with Crippen LogP contribution in [0.5, 0.6) is 0 Å². The molecule has 0 aliphatic carbocycles. The van der Waals surface area contributed by atoms with Gasteiger partial charge in [-0.05, 0) is 26.2 Å². The van der Waals surface area contributed by atoms with Crippen LogP contribution in [0.1, 0.15) is 0 Å². The highest BCUT2D eigenvalue weighted by atomic mass is 32.2. The van der Waals surface area contributed by atoms with Crippen LogP contribution in [0.2, 0.25) is 0 Å². The lowest BCUT2D eigenvalue weighted by molar-refractivity contribution is 0.437. The van der Waals surface area contributed by atoms with Crippen LogP contribution in [0.15, 0.2) is 41.4 Å². The van der Waals surface area contributed by atoms with Crippen LogP contribution in [-0.4, -0.2) is 36.3 Å². The number of fused-ring (bicyclic) bond motifs is 1. The summed E-state index contributed by atoms with van der Waals surface area (Å²) >= 11 is 1.90. The Kier molecular flexibility index (Phi) is 3.80. The summed E-state index contributed by atoms with van der Waals surface area (Å²) in [6, 6.07) is 10.4. The van der Waals surface area contributed by atoms with Crippen molar-refractivity contribution in [3.8, 4) is 0 Å². The summed E-state index contributed by atoms with van der Waals surface area (Å²) in [5.41, 5.74) is 1.08. The molecule has 2 rings (SSSR count). The van der Waals surface area contributed by atoms with E-state index in [9.17, 15) is 0 Å². The number of rotatable bonds is 4. The molecule has 0 saturated carbocycles. The molecule has 0 radical (unpaired) electrons. The van der Waals surface area contributed by atoms with E-state index in [0.29, 0.717) is 0 Å². The molecule has 0 bridgehead atoms. The number of hydrogen-bond donors (Lipinski definition) is 0. The molecule has 84 valence electrons. The maximum atomic E-state index is 4.36. The van der Waals surface area contributed by atoms with Gasteiger partial charge in [0.25, 0.3) is 0 Å². The van der Waals surface area contributed by atoms with Crippen molar-refractivity contribution >= 4 is 22.7 Å². The molecule has 1 aromatic heterocycles. The van der Waals surface area contributed by atoms with Crippen LogP contribution < -0.4 is 0 Å². The molecule has 2 nitrogen and oxygen atoms in total. The fourth-order valence-electron chi connectivity index (χ4n) is 1.53. The van der Waals surface area contributed by atoms with Crippen molar-refractivity contribution < 1.29 is 0 Å². The first-order valence-electron chi connectivity index (χ1n) is 5.38. The van der Waals surface area contributed by atoms with Crippen LogP contribution in [0, 0.1) is 0 Å². The summed E-state index contributed by atoms with van der Waals surface area (Å²) < 4.78 is 0. The molecule has 3 heteroatoms. The summed E-state index contributed by atoms with van der Waals surface area (Å²) in [6.45, 7) is 1.10. The largest absolute Gasteiger partial charge is 0.309 e. The zero-order chi connectivity index (χ0) is 11.4. The van der Waals surface area contributed by atoms with Crippen LogP contribution in [0.4, 0.5) is 0 Å². The maximum absolute atomic E-state index is 4.36. The van der Waals surface area contributed by atoms with Gasteiger partial charge in [0.05, 0.1) is 5.52 Å². The van der Waals surface area contributed by atoms with E-state index in [1.165, 1.54) is 10.3 Å². The normalized spacial score (nSPS) is 11.2. The van der Waals surface area contributed by atoms with Gasteiger partial charge in [0.2, 0.25) is 0 Å². The van der Waals surface area contributed by atoms with Crippen molar-refractivity contribution in [1.82, 2.24) is 9.88 Å². The van der Waals surface area contributed by atoms with Crippen LogP contribution in [-0.2, 0) is 0 Å². The van der Waals surface area contributed by atoms with Crippen molar-refractivity contribution in [1.29, 1.82) is 0 Å². The second-order valence-electron chi connectivity index (χ2n) is 3.98. The highest BCUT2D eigenvalue weighted by Crippen LogP contribution is 2.25. The minimum atomic E-state index is 1.08. The number of thioether (sulfide) groups is 1. The molecule has 0 saturated heterocycles. The molecule has 0 amide bonds. The van der Waals surface area contributed by atoms with Gasteiger partial charge in [-0.2, -0.15) is 0 Å². The highest BCUT2D eigenvalue weighted by Gasteiger charge is 2.01. The Labute approximate surface area is 101 Å². The summed E-state index contributed by atoms with van der Waals surface area (Å²) in [7, 11) is 4.20. The Hall–Kier alpha value is -1.06. The number of hydrogen-bond acceptors (Lipinski definition) is 3. The van der Waals surface area contributed by atoms with Gasteiger partial charge in [-0.3, -0.25) is 4.98 Å². The highest BCUT2D eigenvalue weighted by molar-refractivity contribution is 7.99. The smallest absolute Gasteiger partial charge is 0.0713 e. The number of pyridine rings is 1. The molecule has 0 atom stereocenters.